The van der Waals surface area contributed by atoms with Crippen LogP contribution in [-0.2, 0) is 14.3 Å². The third kappa shape index (κ3) is 3.03. The molecule has 3 heteroatoms. The molecular weight excluding hydrogens is 216 g/mol. The van der Waals surface area contributed by atoms with Crippen LogP contribution in [0.4, 0.5) is 0 Å². The lowest BCUT2D eigenvalue weighted by Crippen LogP contribution is -2.11. The number of carbonyl (C=O) groups excluding carboxylic acids is 2. The molecule has 0 heterocycles. The molecule has 0 aliphatic rings. The Labute approximate surface area is 101 Å². The van der Waals surface area contributed by atoms with E-state index in [2.05, 4.69) is 4.74 Å². The Bertz CT molecular complexity index is 484. The molecule has 90 valence electrons. The molecule has 1 aromatic carbocycles. The van der Waals surface area contributed by atoms with Gasteiger partial charge in [0.25, 0.3) is 0 Å². The molecule has 1 aromatic rings. The highest BCUT2D eigenvalue weighted by Gasteiger charge is 2.15. The Morgan fingerprint density at radius 3 is 2.41 bits per heavy atom. The summed E-state index contributed by atoms with van der Waals surface area (Å²) in [4.78, 5) is 22.8. The summed E-state index contributed by atoms with van der Waals surface area (Å²) in [5, 5.41) is 0. The van der Waals surface area contributed by atoms with Gasteiger partial charge in [-0.05, 0) is 43.5 Å². The maximum absolute atomic E-state index is 11.4. The molecule has 0 radical (unpaired) electrons. The fourth-order valence-corrected chi connectivity index (χ4v) is 1.50. The quantitative estimate of drug-likeness (QED) is 0.348. The lowest BCUT2D eigenvalue weighted by Gasteiger charge is -2.06. The van der Waals surface area contributed by atoms with Gasteiger partial charge in [0.05, 0.1) is 7.11 Å². The van der Waals surface area contributed by atoms with E-state index in [1.165, 1.54) is 14.0 Å². The zero-order valence-electron chi connectivity index (χ0n) is 10.5. The first kappa shape index (κ1) is 13.2. The molecule has 0 aromatic heterocycles. The molecule has 0 aliphatic carbocycles. The normalized spacial score (nSPS) is 11.2. The minimum absolute atomic E-state index is 0.0706. The summed E-state index contributed by atoms with van der Waals surface area (Å²) in [6.45, 7) is 5.29. The van der Waals surface area contributed by atoms with Gasteiger partial charge in [0, 0.05) is 0 Å². The highest BCUT2D eigenvalue weighted by atomic mass is 16.5. The van der Waals surface area contributed by atoms with E-state index in [1.54, 1.807) is 6.08 Å². The number of hydrogen-bond acceptors (Lipinski definition) is 3. The predicted molar refractivity (Wildman–Crippen MR) is 66.6 cm³/mol. The SMILES string of the molecule is COC(=O)/C(=C\c1cccc(C)c1C)C(C)=O. The lowest BCUT2D eigenvalue weighted by molar-refractivity contribution is -0.137. The number of Topliss-reactive ketones (excluding diaryl/α,β-unsaturated/α-hetero) is 1. The van der Waals surface area contributed by atoms with Gasteiger partial charge in [-0.15, -0.1) is 0 Å². The first-order valence-corrected chi connectivity index (χ1v) is 5.34. The van der Waals surface area contributed by atoms with Crippen molar-refractivity contribution >= 4 is 17.8 Å². The second-order valence-corrected chi connectivity index (χ2v) is 3.89. The van der Waals surface area contributed by atoms with Crippen LogP contribution >= 0.6 is 0 Å². The van der Waals surface area contributed by atoms with Crippen molar-refractivity contribution in [2.75, 3.05) is 7.11 Å². The number of ketones is 1. The number of esters is 1. The van der Waals surface area contributed by atoms with Gasteiger partial charge in [-0.3, -0.25) is 4.79 Å². The van der Waals surface area contributed by atoms with Crippen LogP contribution in [0.2, 0.25) is 0 Å². The molecule has 0 amide bonds. The van der Waals surface area contributed by atoms with Crippen molar-refractivity contribution in [2.45, 2.75) is 20.8 Å². The molecule has 0 saturated heterocycles. The average Bonchev–Trinajstić information content (AvgIpc) is 2.29. The number of aryl methyl sites for hydroxylation is 1. The van der Waals surface area contributed by atoms with Crippen molar-refractivity contribution < 1.29 is 14.3 Å². The molecule has 17 heavy (non-hydrogen) atoms. The molecule has 0 saturated carbocycles. The van der Waals surface area contributed by atoms with Gasteiger partial charge in [0.1, 0.15) is 5.57 Å². The molecule has 3 nitrogen and oxygen atoms in total. The van der Waals surface area contributed by atoms with Crippen LogP contribution in [-0.4, -0.2) is 18.9 Å². The van der Waals surface area contributed by atoms with Crippen LogP contribution in [0.25, 0.3) is 6.08 Å². The van der Waals surface area contributed by atoms with E-state index in [0.29, 0.717) is 0 Å². The van der Waals surface area contributed by atoms with Gasteiger partial charge in [0.2, 0.25) is 0 Å². The Kier molecular flexibility index (Phi) is 4.21. The highest BCUT2D eigenvalue weighted by Crippen LogP contribution is 2.17. The molecule has 0 aliphatic heterocycles. The molecule has 0 fully saturated rings. The number of benzene rings is 1. The summed E-state index contributed by atoms with van der Waals surface area (Å²) in [5.41, 5.74) is 3.10. The molecule has 0 N–H and O–H groups in total. The van der Waals surface area contributed by atoms with Crippen molar-refractivity contribution in [2.24, 2.45) is 0 Å². The van der Waals surface area contributed by atoms with Crippen molar-refractivity contribution in [1.82, 2.24) is 0 Å². The second kappa shape index (κ2) is 5.43. The fraction of sp³-hybridized carbons (Fsp3) is 0.286. The van der Waals surface area contributed by atoms with Gasteiger partial charge in [-0.1, -0.05) is 18.2 Å². The largest absolute Gasteiger partial charge is 0.465 e. The molecule has 0 atom stereocenters. The topological polar surface area (TPSA) is 43.4 Å². The zero-order chi connectivity index (χ0) is 13.0. The maximum Gasteiger partial charge on any atom is 0.341 e. The Morgan fingerprint density at radius 2 is 1.88 bits per heavy atom. The van der Waals surface area contributed by atoms with Gasteiger partial charge in [-0.25, -0.2) is 4.79 Å². The van der Waals surface area contributed by atoms with E-state index in [1.807, 2.05) is 32.0 Å². The maximum atomic E-state index is 11.4. The summed E-state index contributed by atoms with van der Waals surface area (Å²) in [6, 6.07) is 5.75. The van der Waals surface area contributed by atoms with E-state index in [-0.39, 0.29) is 11.4 Å². The molecular formula is C14H16O3. The third-order valence-electron chi connectivity index (χ3n) is 2.73. The predicted octanol–water partition coefficient (Wildman–Crippen LogP) is 2.45. The van der Waals surface area contributed by atoms with Gasteiger partial charge < -0.3 is 4.74 Å². The first-order valence-electron chi connectivity index (χ1n) is 5.34. The van der Waals surface area contributed by atoms with Gasteiger partial charge >= 0.3 is 5.97 Å². The minimum Gasteiger partial charge on any atom is -0.465 e. The highest BCUT2D eigenvalue weighted by molar-refractivity contribution is 6.19. The third-order valence-corrected chi connectivity index (χ3v) is 2.73. The summed E-state index contributed by atoms with van der Waals surface area (Å²) in [6.07, 6.45) is 1.58. The standard InChI is InChI=1S/C14H16O3/c1-9-6-5-7-12(10(9)2)8-13(11(3)15)14(16)17-4/h5-8H,1-4H3/b13-8-. The van der Waals surface area contributed by atoms with Crippen LogP contribution in [0.3, 0.4) is 0 Å². The van der Waals surface area contributed by atoms with Crippen LogP contribution < -0.4 is 0 Å². The number of methoxy groups -OCH3 is 1. The van der Waals surface area contributed by atoms with E-state index in [0.717, 1.165) is 16.7 Å². The summed E-state index contributed by atoms with van der Waals surface area (Å²) in [7, 11) is 1.27. The Balaban J connectivity index is 3.27. The summed E-state index contributed by atoms with van der Waals surface area (Å²) in [5.74, 6) is -0.892. The van der Waals surface area contributed by atoms with Crippen LogP contribution in [0.5, 0.6) is 0 Å². The van der Waals surface area contributed by atoms with Crippen molar-refractivity contribution in [3.8, 4) is 0 Å². The molecule has 0 bridgehead atoms. The van der Waals surface area contributed by atoms with E-state index in [4.69, 9.17) is 0 Å². The van der Waals surface area contributed by atoms with Crippen LogP contribution in [0, 0.1) is 13.8 Å². The molecule has 0 spiro atoms. The average molecular weight is 232 g/mol. The fourth-order valence-electron chi connectivity index (χ4n) is 1.50. The first-order chi connectivity index (χ1) is 7.97. The van der Waals surface area contributed by atoms with Gasteiger partial charge in [-0.2, -0.15) is 0 Å². The number of rotatable bonds is 3. The minimum atomic E-state index is -0.599. The van der Waals surface area contributed by atoms with Crippen molar-refractivity contribution in [3.63, 3.8) is 0 Å². The smallest absolute Gasteiger partial charge is 0.341 e. The number of carbonyl (C=O) groups is 2. The van der Waals surface area contributed by atoms with E-state index < -0.39 is 5.97 Å². The van der Waals surface area contributed by atoms with E-state index >= 15 is 0 Å². The Hall–Kier alpha value is -1.90. The number of hydrogen-bond donors (Lipinski definition) is 0. The monoisotopic (exact) mass is 232 g/mol. The summed E-state index contributed by atoms with van der Waals surface area (Å²) < 4.78 is 4.59. The zero-order valence-corrected chi connectivity index (χ0v) is 10.5. The Morgan fingerprint density at radius 1 is 1.24 bits per heavy atom. The lowest BCUT2D eigenvalue weighted by atomic mass is 10.0. The second-order valence-electron chi connectivity index (χ2n) is 3.89. The van der Waals surface area contributed by atoms with Gasteiger partial charge in [0.15, 0.2) is 5.78 Å². The molecule has 1 rings (SSSR count). The summed E-state index contributed by atoms with van der Waals surface area (Å²) >= 11 is 0. The van der Waals surface area contributed by atoms with Crippen LogP contribution in [0.1, 0.15) is 23.6 Å². The molecule has 0 unspecified atom stereocenters. The van der Waals surface area contributed by atoms with Crippen molar-refractivity contribution in [3.05, 3.63) is 40.5 Å². The van der Waals surface area contributed by atoms with Crippen molar-refractivity contribution in [1.29, 1.82) is 0 Å². The number of ether oxygens (including phenoxy) is 1. The van der Waals surface area contributed by atoms with E-state index in [9.17, 15) is 9.59 Å². The van der Waals surface area contributed by atoms with Crippen LogP contribution in [0.15, 0.2) is 23.8 Å².